The van der Waals surface area contributed by atoms with Crippen molar-refractivity contribution in [3.63, 3.8) is 0 Å². The molecule has 0 saturated carbocycles. The van der Waals surface area contributed by atoms with Crippen molar-refractivity contribution in [3.05, 3.63) is 120 Å². The van der Waals surface area contributed by atoms with Crippen molar-refractivity contribution >= 4 is 57.5 Å². The van der Waals surface area contributed by atoms with Crippen LogP contribution in [-0.4, -0.2) is 47.4 Å². The maximum absolute atomic E-state index is 11.3. The molecule has 0 fully saturated rings. The van der Waals surface area contributed by atoms with E-state index in [2.05, 4.69) is 24.3 Å². The summed E-state index contributed by atoms with van der Waals surface area (Å²) in [6.45, 7) is 3.79. The van der Waals surface area contributed by atoms with Crippen molar-refractivity contribution in [2.45, 2.75) is 33.2 Å². The van der Waals surface area contributed by atoms with E-state index in [-0.39, 0.29) is 0 Å². The van der Waals surface area contributed by atoms with Crippen LogP contribution in [0.15, 0.2) is 114 Å². The maximum atomic E-state index is 11.3. The number of hydrogen-bond acceptors (Lipinski definition) is 8. The number of nitrogens with zero attached hydrogens (tertiary/aromatic N) is 1. The van der Waals surface area contributed by atoms with E-state index in [0.717, 1.165) is 23.2 Å². The van der Waals surface area contributed by atoms with Crippen molar-refractivity contribution in [3.8, 4) is 11.5 Å². The first kappa shape index (κ1) is 36.6. The molecule has 0 N–H and O–H groups in total. The predicted octanol–water partition coefficient (Wildman–Crippen LogP) is 8.28. The average Bonchev–Trinajstić information content (AvgIpc) is 3.09. The molecule has 47 heavy (non-hydrogen) atoms. The minimum absolute atomic E-state index is 0.432. The molecule has 0 heterocycles. The lowest BCUT2D eigenvalue weighted by molar-refractivity contribution is 0.0712. The topological polar surface area (TPSA) is 92.7 Å². The summed E-state index contributed by atoms with van der Waals surface area (Å²) in [4.78, 5) is 22.7. The summed E-state index contributed by atoms with van der Waals surface area (Å²) in [6, 6.07) is 34.3. The Kier molecular flexibility index (Phi) is 13.9. The van der Waals surface area contributed by atoms with E-state index in [9.17, 15) is 9.59 Å². The van der Waals surface area contributed by atoms with Crippen molar-refractivity contribution in [2.24, 2.45) is 4.52 Å². The molecule has 0 aromatic heterocycles. The summed E-state index contributed by atoms with van der Waals surface area (Å²) >= 11 is 6.31. The number of benzene rings is 4. The molecule has 12 heteroatoms. The molecule has 0 radical (unpaired) electrons. The van der Waals surface area contributed by atoms with E-state index in [1.165, 1.54) is 0 Å². The van der Waals surface area contributed by atoms with Crippen LogP contribution < -0.4 is 19.7 Å². The summed E-state index contributed by atoms with van der Waals surface area (Å²) in [5, 5.41) is 2.05. The van der Waals surface area contributed by atoms with E-state index in [1.807, 2.05) is 57.2 Å². The minimum atomic E-state index is -3.53. The summed E-state index contributed by atoms with van der Waals surface area (Å²) in [5.74, 6) is 0.865. The van der Waals surface area contributed by atoms with Gasteiger partial charge in [0.15, 0.2) is 0 Å². The quantitative estimate of drug-likeness (QED) is 0.0546. The highest BCUT2D eigenvalue weighted by molar-refractivity contribution is 8.11. The Balaban J connectivity index is 1.91. The Morgan fingerprint density at radius 3 is 1.40 bits per heavy atom. The maximum Gasteiger partial charge on any atom is 0.500 e. The molecule has 0 bridgehead atoms. The fraction of sp³-hybridized carbons (Fsp3) is 0.257. The second kappa shape index (κ2) is 17.8. The average molecular weight is 710 g/mol. The number of aldehydes is 2. The smallest absolute Gasteiger partial charge is 0.419 e. The van der Waals surface area contributed by atoms with Crippen LogP contribution in [0.5, 0.6) is 11.5 Å². The molecule has 248 valence electrons. The van der Waals surface area contributed by atoms with Crippen LogP contribution in [0, 0.1) is 0 Å². The van der Waals surface area contributed by atoms with Gasteiger partial charge in [0, 0.05) is 55.9 Å². The van der Waals surface area contributed by atoms with Crippen LogP contribution in [0.4, 0.5) is 0 Å². The zero-order chi connectivity index (χ0) is 33.6. The molecular formula is C35H41NO7P2SSi. The largest absolute Gasteiger partial charge is 0.500 e. The van der Waals surface area contributed by atoms with Crippen molar-refractivity contribution in [1.29, 1.82) is 0 Å². The van der Waals surface area contributed by atoms with Crippen LogP contribution in [0.25, 0.3) is 0 Å². The van der Waals surface area contributed by atoms with Gasteiger partial charge in [-0.25, -0.2) is 0 Å². The zero-order valence-electron chi connectivity index (χ0n) is 26.9. The van der Waals surface area contributed by atoms with Crippen LogP contribution in [0.3, 0.4) is 0 Å². The summed E-state index contributed by atoms with van der Waals surface area (Å²) < 4.78 is 37.2. The minimum Gasteiger partial charge on any atom is -0.419 e. The van der Waals surface area contributed by atoms with Crippen molar-refractivity contribution in [1.82, 2.24) is 0 Å². The second-order valence-corrected chi connectivity index (χ2v) is 19.5. The molecule has 0 atom stereocenters. The van der Waals surface area contributed by atoms with Gasteiger partial charge in [0.2, 0.25) is 0 Å². The fourth-order valence-electron chi connectivity index (χ4n) is 5.15. The highest BCUT2D eigenvalue weighted by Crippen LogP contribution is 2.62. The normalized spacial score (nSPS) is 11.9. The molecular weight excluding hydrogens is 668 g/mol. The standard InChI is InChI=1S/C35H41NO7P2SSi/c1-4-39-47(40-5-2,41-6-3)27-13-26-44(34-14-9-7-10-15-34,35-16-11-8-12-17-35)36-45(46,42-32-22-18-30(28-37)19-23-32)43-33-24-20-31(29-38)21-25-33/h7-12,14-25,28-29H,4-6,13,26-27H2,1-3H3. The molecule has 0 aliphatic carbocycles. The summed E-state index contributed by atoms with van der Waals surface area (Å²) in [7, 11) is -5.66. The summed E-state index contributed by atoms with van der Waals surface area (Å²) in [6.07, 6.45) is 2.85. The lowest BCUT2D eigenvalue weighted by Crippen LogP contribution is -2.46. The molecule has 0 amide bonds. The van der Waals surface area contributed by atoms with Crippen molar-refractivity contribution < 1.29 is 31.9 Å². The molecule has 8 nitrogen and oxygen atoms in total. The van der Waals surface area contributed by atoms with Gasteiger partial charge in [-0.3, -0.25) is 9.59 Å². The fourth-order valence-corrected chi connectivity index (χ4v) is 16.2. The second-order valence-electron chi connectivity index (χ2n) is 10.4. The van der Waals surface area contributed by atoms with Gasteiger partial charge in [-0.15, -0.1) is 0 Å². The molecule has 0 saturated heterocycles. The SMILES string of the molecule is CCO[Si](CCCP(=NP(=S)(Oc1ccc(C=O)cc1)Oc1ccc(C=O)cc1)(c1ccccc1)c1ccccc1)(OCC)OCC. The van der Waals surface area contributed by atoms with Crippen LogP contribution in [-0.2, 0) is 25.1 Å². The first-order chi connectivity index (χ1) is 22.8. The number of carbonyl (C=O) groups is 2. The van der Waals surface area contributed by atoms with Gasteiger partial charge in [0.1, 0.15) is 24.1 Å². The molecule has 0 aliphatic rings. The third-order valence-corrected chi connectivity index (χ3v) is 17.7. The van der Waals surface area contributed by atoms with E-state index in [0.29, 0.717) is 61.1 Å². The summed E-state index contributed by atoms with van der Waals surface area (Å²) in [5.41, 5.74) is 1.02. The number of hydrogen-bond donors (Lipinski definition) is 0. The van der Waals surface area contributed by atoms with Gasteiger partial charge in [-0.2, -0.15) is 4.52 Å². The van der Waals surface area contributed by atoms with Crippen LogP contribution in [0.1, 0.15) is 47.9 Å². The lowest BCUT2D eigenvalue weighted by Gasteiger charge is -2.32. The Morgan fingerprint density at radius 1 is 0.638 bits per heavy atom. The number of rotatable bonds is 19. The third-order valence-electron chi connectivity index (χ3n) is 7.16. The first-order valence-electron chi connectivity index (χ1n) is 15.6. The number of carbonyl (C=O) groups excluding carboxylic acids is 2. The van der Waals surface area contributed by atoms with Gasteiger partial charge >= 0.3 is 15.4 Å². The molecule has 0 aliphatic heterocycles. The van der Waals surface area contributed by atoms with E-state index in [1.54, 1.807) is 48.5 Å². The Labute approximate surface area is 284 Å². The molecule has 0 unspecified atom stereocenters. The van der Waals surface area contributed by atoms with Crippen LogP contribution in [0.2, 0.25) is 6.04 Å². The first-order valence-corrected chi connectivity index (χ1v) is 22.0. The van der Waals surface area contributed by atoms with Gasteiger partial charge in [0.05, 0.1) is 0 Å². The highest BCUT2D eigenvalue weighted by atomic mass is 32.5. The Bertz CT molecular complexity index is 1560. The van der Waals surface area contributed by atoms with Gasteiger partial charge in [-0.05, 0) is 92.5 Å². The molecule has 4 aromatic rings. The van der Waals surface area contributed by atoms with Crippen LogP contribution >= 0.6 is 13.7 Å². The van der Waals surface area contributed by atoms with E-state index < -0.39 is 22.5 Å². The van der Waals surface area contributed by atoms with E-state index >= 15 is 0 Å². The third kappa shape index (κ3) is 9.91. The van der Waals surface area contributed by atoms with Crippen molar-refractivity contribution in [2.75, 3.05) is 26.0 Å². The monoisotopic (exact) mass is 709 g/mol. The molecule has 0 spiro atoms. The van der Waals surface area contributed by atoms with E-state index in [4.69, 9.17) is 38.6 Å². The van der Waals surface area contributed by atoms with Gasteiger partial charge in [-0.1, -0.05) is 60.7 Å². The molecule has 4 aromatic carbocycles. The predicted molar refractivity (Wildman–Crippen MR) is 196 cm³/mol. The highest BCUT2D eigenvalue weighted by Gasteiger charge is 2.41. The molecule has 4 rings (SSSR count). The Hall–Kier alpha value is -3.20. The van der Waals surface area contributed by atoms with Gasteiger partial charge in [0.25, 0.3) is 0 Å². The zero-order valence-corrected chi connectivity index (χ0v) is 30.5. The van der Waals surface area contributed by atoms with Gasteiger partial charge < -0.3 is 22.3 Å². The Morgan fingerprint density at radius 2 is 1.04 bits per heavy atom. The lowest BCUT2D eigenvalue weighted by atomic mass is 10.2.